The van der Waals surface area contributed by atoms with Crippen LogP contribution >= 0.6 is 0 Å². The van der Waals surface area contributed by atoms with Crippen LogP contribution in [0.5, 0.6) is 0 Å². The molecule has 0 bridgehead atoms. The smallest absolute Gasteiger partial charge is 0.317 e. The van der Waals surface area contributed by atoms with E-state index in [1.807, 2.05) is 13.8 Å². The molecule has 2 unspecified atom stereocenters. The van der Waals surface area contributed by atoms with Gasteiger partial charge in [0.05, 0.1) is 0 Å². The van der Waals surface area contributed by atoms with Gasteiger partial charge < -0.3 is 15.3 Å². The molecule has 5 heteroatoms. The third kappa shape index (κ3) is 5.89. The van der Waals surface area contributed by atoms with Crippen molar-refractivity contribution in [1.29, 1.82) is 0 Å². The minimum atomic E-state index is -0.840. The number of nitrogens with one attached hydrogen (secondary N) is 1. The maximum Gasteiger partial charge on any atom is 0.317 e. The lowest BCUT2D eigenvalue weighted by Gasteiger charge is -2.35. The van der Waals surface area contributed by atoms with Crippen LogP contribution in [-0.4, -0.2) is 41.6 Å². The summed E-state index contributed by atoms with van der Waals surface area (Å²) in [6, 6.07) is -0.0538. The molecule has 0 aromatic carbocycles. The molecule has 0 rings (SSSR count). The molecule has 0 radical (unpaired) electrons. The van der Waals surface area contributed by atoms with Gasteiger partial charge in [-0.25, -0.2) is 4.79 Å². The van der Waals surface area contributed by atoms with Gasteiger partial charge in [0.1, 0.15) is 0 Å². The molecular formula is C13H26N2O3. The lowest BCUT2D eigenvalue weighted by molar-refractivity contribution is -0.137. The number of aliphatic carboxylic acids is 1. The predicted octanol–water partition coefficient (Wildman–Crippen LogP) is 2.17. The third-order valence-electron chi connectivity index (χ3n) is 3.28. The molecule has 0 aliphatic rings. The number of carbonyl (C=O) groups is 2. The summed E-state index contributed by atoms with van der Waals surface area (Å²) >= 11 is 0. The molecule has 0 spiro atoms. The van der Waals surface area contributed by atoms with E-state index >= 15 is 0 Å². The zero-order valence-corrected chi connectivity index (χ0v) is 12.3. The number of amides is 2. The summed E-state index contributed by atoms with van der Waals surface area (Å²) in [5, 5.41) is 11.4. The molecule has 106 valence electrons. The zero-order chi connectivity index (χ0) is 14.5. The number of carboxylic acids is 1. The predicted molar refractivity (Wildman–Crippen MR) is 71.5 cm³/mol. The third-order valence-corrected chi connectivity index (χ3v) is 3.28. The average molecular weight is 258 g/mol. The summed E-state index contributed by atoms with van der Waals surface area (Å²) in [5.74, 6) is -0.905. The van der Waals surface area contributed by atoms with E-state index in [0.29, 0.717) is 6.54 Å². The van der Waals surface area contributed by atoms with Crippen LogP contribution in [0.1, 0.15) is 41.0 Å². The molecule has 0 saturated carbocycles. The Labute approximate surface area is 110 Å². The molecule has 0 aliphatic carbocycles. The van der Waals surface area contributed by atoms with Crippen molar-refractivity contribution in [2.45, 2.75) is 47.1 Å². The SMILES string of the molecule is CC(CNC(=O)N(C)C(C)C(C)(C)C)CC(=O)O. The van der Waals surface area contributed by atoms with E-state index in [4.69, 9.17) is 5.11 Å². The first-order valence-electron chi connectivity index (χ1n) is 6.28. The van der Waals surface area contributed by atoms with Crippen LogP contribution in [0.2, 0.25) is 0 Å². The Kier molecular flexibility index (Phi) is 6.15. The quantitative estimate of drug-likeness (QED) is 0.794. The molecule has 0 aromatic heterocycles. The minimum Gasteiger partial charge on any atom is -0.481 e. The van der Waals surface area contributed by atoms with Crippen molar-refractivity contribution in [2.75, 3.05) is 13.6 Å². The summed E-state index contributed by atoms with van der Waals surface area (Å²) in [7, 11) is 1.76. The molecule has 0 saturated heterocycles. The number of carboxylic acid groups (broad SMARTS) is 1. The van der Waals surface area contributed by atoms with Gasteiger partial charge >= 0.3 is 12.0 Å². The fourth-order valence-electron chi connectivity index (χ4n) is 1.51. The van der Waals surface area contributed by atoms with E-state index in [2.05, 4.69) is 26.1 Å². The number of urea groups is 1. The van der Waals surface area contributed by atoms with Gasteiger partial charge in [0, 0.05) is 26.1 Å². The standard InChI is InChI=1S/C13H26N2O3/c1-9(7-11(16)17)8-14-12(18)15(6)10(2)13(3,4)5/h9-10H,7-8H2,1-6H3,(H,14,18)(H,16,17). The molecule has 0 heterocycles. The van der Waals surface area contributed by atoms with Crippen molar-refractivity contribution < 1.29 is 14.7 Å². The van der Waals surface area contributed by atoms with Crippen molar-refractivity contribution in [3.05, 3.63) is 0 Å². The highest BCUT2D eigenvalue weighted by molar-refractivity contribution is 5.74. The molecule has 0 aliphatic heterocycles. The lowest BCUT2D eigenvalue weighted by atomic mass is 9.87. The van der Waals surface area contributed by atoms with Crippen molar-refractivity contribution in [3.8, 4) is 0 Å². The Bertz CT molecular complexity index is 297. The van der Waals surface area contributed by atoms with Gasteiger partial charge in [-0.1, -0.05) is 27.7 Å². The van der Waals surface area contributed by atoms with E-state index in [1.54, 1.807) is 11.9 Å². The fraction of sp³-hybridized carbons (Fsp3) is 0.846. The van der Waals surface area contributed by atoms with Gasteiger partial charge in [-0.3, -0.25) is 4.79 Å². The van der Waals surface area contributed by atoms with Crippen molar-refractivity contribution >= 4 is 12.0 Å². The summed E-state index contributed by atoms with van der Waals surface area (Å²) in [6.07, 6.45) is 0.0683. The summed E-state index contributed by atoms with van der Waals surface area (Å²) in [6.45, 7) is 10.4. The van der Waals surface area contributed by atoms with E-state index in [-0.39, 0.29) is 29.8 Å². The number of rotatable bonds is 5. The van der Waals surface area contributed by atoms with Crippen LogP contribution in [0, 0.1) is 11.3 Å². The fourth-order valence-corrected chi connectivity index (χ4v) is 1.51. The highest BCUT2D eigenvalue weighted by Gasteiger charge is 2.26. The highest BCUT2D eigenvalue weighted by Crippen LogP contribution is 2.22. The normalized spacial score (nSPS) is 14.8. The summed E-state index contributed by atoms with van der Waals surface area (Å²) in [5.41, 5.74) is 0.0127. The van der Waals surface area contributed by atoms with Crippen LogP contribution < -0.4 is 5.32 Å². The monoisotopic (exact) mass is 258 g/mol. The number of hydrogen-bond acceptors (Lipinski definition) is 2. The first kappa shape index (κ1) is 16.7. The zero-order valence-electron chi connectivity index (χ0n) is 12.3. The topological polar surface area (TPSA) is 69.6 Å². The van der Waals surface area contributed by atoms with Gasteiger partial charge in [0.25, 0.3) is 0 Å². The maximum absolute atomic E-state index is 11.9. The summed E-state index contributed by atoms with van der Waals surface area (Å²) in [4.78, 5) is 24.1. The molecule has 0 aromatic rings. The van der Waals surface area contributed by atoms with Crippen LogP contribution in [0.15, 0.2) is 0 Å². The number of hydrogen-bond donors (Lipinski definition) is 2. The Balaban J connectivity index is 4.21. The number of carbonyl (C=O) groups excluding carboxylic acids is 1. The second-order valence-electron chi connectivity index (χ2n) is 6.04. The van der Waals surface area contributed by atoms with Gasteiger partial charge in [-0.15, -0.1) is 0 Å². The van der Waals surface area contributed by atoms with Crippen LogP contribution in [-0.2, 0) is 4.79 Å². The van der Waals surface area contributed by atoms with Crippen molar-refractivity contribution in [1.82, 2.24) is 10.2 Å². The highest BCUT2D eigenvalue weighted by atomic mass is 16.4. The Morgan fingerprint density at radius 1 is 1.28 bits per heavy atom. The first-order valence-corrected chi connectivity index (χ1v) is 6.28. The largest absolute Gasteiger partial charge is 0.481 e. The Hall–Kier alpha value is -1.26. The molecule has 5 nitrogen and oxygen atoms in total. The van der Waals surface area contributed by atoms with Crippen molar-refractivity contribution in [3.63, 3.8) is 0 Å². The average Bonchev–Trinajstić information content (AvgIpc) is 2.21. The van der Waals surface area contributed by atoms with Gasteiger partial charge in [0.15, 0.2) is 0 Å². The van der Waals surface area contributed by atoms with Crippen LogP contribution in [0.25, 0.3) is 0 Å². The van der Waals surface area contributed by atoms with E-state index in [9.17, 15) is 9.59 Å². The van der Waals surface area contributed by atoms with Gasteiger partial charge in [-0.05, 0) is 18.3 Å². The molecule has 2 atom stereocenters. The Morgan fingerprint density at radius 2 is 1.78 bits per heavy atom. The van der Waals surface area contributed by atoms with Crippen molar-refractivity contribution in [2.24, 2.45) is 11.3 Å². The van der Waals surface area contributed by atoms with E-state index < -0.39 is 5.97 Å². The molecule has 18 heavy (non-hydrogen) atoms. The second kappa shape index (κ2) is 6.61. The molecule has 2 amide bonds. The van der Waals surface area contributed by atoms with E-state index in [0.717, 1.165) is 0 Å². The minimum absolute atomic E-state index is 0.0127. The molecule has 2 N–H and O–H groups in total. The Morgan fingerprint density at radius 3 is 2.17 bits per heavy atom. The lowest BCUT2D eigenvalue weighted by Crippen LogP contribution is -2.48. The first-order chi connectivity index (χ1) is 8.05. The molecular weight excluding hydrogens is 232 g/mol. The maximum atomic E-state index is 11.9. The van der Waals surface area contributed by atoms with Gasteiger partial charge in [0.2, 0.25) is 0 Å². The van der Waals surface area contributed by atoms with E-state index in [1.165, 1.54) is 0 Å². The second-order valence-corrected chi connectivity index (χ2v) is 6.04. The summed E-state index contributed by atoms with van der Waals surface area (Å²) < 4.78 is 0. The van der Waals surface area contributed by atoms with Crippen LogP contribution in [0.3, 0.4) is 0 Å². The molecule has 0 fully saturated rings. The van der Waals surface area contributed by atoms with Crippen LogP contribution in [0.4, 0.5) is 4.79 Å². The number of nitrogens with zero attached hydrogens (tertiary/aromatic N) is 1. The van der Waals surface area contributed by atoms with Gasteiger partial charge in [-0.2, -0.15) is 0 Å².